The fraction of sp³-hybridized carbons (Fsp3) is 0.770. The highest BCUT2D eigenvalue weighted by atomic mass is 16.7. The van der Waals surface area contributed by atoms with Gasteiger partial charge in [-0.25, -0.2) is 4.79 Å². The Balaban J connectivity index is 2.66. The van der Waals surface area contributed by atoms with Gasteiger partial charge in [0.1, 0.15) is 18.8 Å². The first-order valence-corrected chi connectivity index (χ1v) is 29.3. The molecule has 0 radical (unpaired) electrons. The molecule has 12 nitrogen and oxygen atoms in total. The van der Waals surface area contributed by atoms with Gasteiger partial charge in [0.2, 0.25) is 0 Å². The molecule has 0 aliphatic carbocycles. The van der Waals surface area contributed by atoms with Gasteiger partial charge < -0.3 is 39.0 Å². The molecule has 0 spiro atoms. The number of rotatable bonds is 49. The van der Waals surface area contributed by atoms with Crippen LogP contribution >= 0.6 is 0 Å². The first-order chi connectivity index (χ1) is 35.6. The Kier molecular flexibility index (Phi) is 45.5. The molecule has 12 heteroatoms. The fourth-order valence-corrected chi connectivity index (χ4v) is 8.63. The minimum Gasteiger partial charge on any atom is -0.479 e. The van der Waals surface area contributed by atoms with Gasteiger partial charge in [0.15, 0.2) is 24.6 Å². The van der Waals surface area contributed by atoms with Gasteiger partial charge in [-0.2, -0.15) is 0 Å². The van der Waals surface area contributed by atoms with Gasteiger partial charge in [-0.15, -0.1) is 0 Å². The number of esters is 3. The van der Waals surface area contributed by atoms with Crippen molar-refractivity contribution >= 4 is 23.9 Å². The van der Waals surface area contributed by atoms with E-state index in [1.165, 1.54) is 96.3 Å². The predicted molar refractivity (Wildman–Crippen MR) is 294 cm³/mol. The van der Waals surface area contributed by atoms with Gasteiger partial charge in [0, 0.05) is 19.3 Å². The third-order valence-corrected chi connectivity index (χ3v) is 13.1. The molecule has 1 aliphatic rings. The smallest absolute Gasteiger partial charge is 0.335 e. The molecule has 0 bridgehead atoms. The number of allylic oxidation sites excluding steroid dienone is 10. The summed E-state index contributed by atoms with van der Waals surface area (Å²) in [6.45, 7) is 5.83. The van der Waals surface area contributed by atoms with E-state index in [2.05, 4.69) is 81.5 Å². The number of carbonyl (C=O) groups is 4. The summed E-state index contributed by atoms with van der Waals surface area (Å²) in [5.41, 5.74) is 0. The topological polar surface area (TPSA) is 175 Å². The zero-order valence-corrected chi connectivity index (χ0v) is 46.1. The van der Waals surface area contributed by atoms with Crippen LogP contribution in [-0.2, 0) is 42.9 Å². The Morgan fingerprint density at radius 3 is 1.32 bits per heavy atom. The van der Waals surface area contributed by atoms with Crippen LogP contribution in [0.4, 0.5) is 0 Å². The average molecular weight is 1030 g/mol. The SMILES string of the molecule is CC/C=C\C/C=C\C/C=C\C/C=C\C/C=C\CCCCCC(=O)OCC(COC1OC(C(=O)O)C(O)C(O)C1OC(=O)CCCCCCCCCCCCCCCCC)OC(=O)CCCCCCCCCCC. The van der Waals surface area contributed by atoms with Gasteiger partial charge in [0.05, 0.1) is 6.61 Å². The van der Waals surface area contributed by atoms with E-state index in [1.807, 2.05) is 0 Å². The summed E-state index contributed by atoms with van der Waals surface area (Å²) in [6.07, 6.45) is 47.8. The maximum Gasteiger partial charge on any atom is 0.335 e. The van der Waals surface area contributed by atoms with E-state index in [-0.39, 0.29) is 25.9 Å². The third kappa shape index (κ3) is 39.5. The van der Waals surface area contributed by atoms with Crippen LogP contribution in [0.25, 0.3) is 0 Å². The molecule has 3 N–H and O–H groups in total. The largest absolute Gasteiger partial charge is 0.479 e. The number of ether oxygens (including phenoxy) is 5. The van der Waals surface area contributed by atoms with Gasteiger partial charge in [0.25, 0.3) is 0 Å². The highest BCUT2D eigenvalue weighted by molar-refractivity contribution is 5.74. The molecular weight excluding hydrogens is 925 g/mol. The quantitative estimate of drug-likeness (QED) is 0.0228. The first kappa shape index (κ1) is 67.4. The van der Waals surface area contributed by atoms with Crippen LogP contribution in [0.15, 0.2) is 60.8 Å². The molecule has 0 aromatic carbocycles. The van der Waals surface area contributed by atoms with Crippen molar-refractivity contribution in [2.45, 2.75) is 289 Å². The average Bonchev–Trinajstić information content (AvgIpc) is 3.37. The van der Waals surface area contributed by atoms with E-state index in [4.69, 9.17) is 23.7 Å². The zero-order valence-electron chi connectivity index (χ0n) is 46.1. The fourth-order valence-electron chi connectivity index (χ4n) is 8.63. The molecule has 0 aromatic heterocycles. The monoisotopic (exact) mass is 1030 g/mol. The lowest BCUT2D eigenvalue weighted by molar-refractivity contribution is -0.301. The van der Waals surface area contributed by atoms with Crippen LogP contribution in [0.1, 0.15) is 252 Å². The number of carbonyl (C=O) groups excluding carboxylic acids is 3. The van der Waals surface area contributed by atoms with Crippen LogP contribution in [-0.4, -0.2) is 89.2 Å². The second-order valence-electron chi connectivity index (χ2n) is 19.9. The van der Waals surface area contributed by atoms with E-state index in [9.17, 15) is 34.5 Å². The van der Waals surface area contributed by atoms with E-state index in [1.54, 1.807) is 0 Å². The molecule has 1 heterocycles. The van der Waals surface area contributed by atoms with Crippen LogP contribution in [0.2, 0.25) is 0 Å². The van der Waals surface area contributed by atoms with Gasteiger partial charge in [-0.05, 0) is 64.2 Å². The molecule has 0 aromatic rings. The van der Waals surface area contributed by atoms with Crippen molar-refractivity contribution in [3.8, 4) is 0 Å². The van der Waals surface area contributed by atoms with E-state index >= 15 is 0 Å². The summed E-state index contributed by atoms with van der Waals surface area (Å²) < 4.78 is 28.3. The number of carboxylic acids is 1. The van der Waals surface area contributed by atoms with Crippen molar-refractivity contribution in [2.75, 3.05) is 13.2 Å². The Morgan fingerprint density at radius 1 is 0.466 bits per heavy atom. The van der Waals surface area contributed by atoms with Crippen LogP contribution in [0.3, 0.4) is 0 Å². The van der Waals surface area contributed by atoms with E-state index in [0.29, 0.717) is 19.3 Å². The molecule has 1 fully saturated rings. The Hall–Kier alpha value is -3.58. The maximum absolute atomic E-state index is 13.1. The number of hydrogen-bond acceptors (Lipinski definition) is 11. The van der Waals surface area contributed by atoms with Crippen LogP contribution in [0, 0.1) is 0 Å². The van der Waals surface area contributed by atoms with Crippen molar-refractivity contribution in [1.82, 2.24) is 0 Å². The zero-order chi connectivity index (χ0) is 53.3. The van der Waals surface area contributed by atoms with Gasteiger partial charge in [-0.3, -0.25) is 14.4 Å². The standard InChI is InChI=1S/C61H104O12/c1-4-7-10-13-16-19-21-23-25-26-27-28-30-31-33-36-38-41-44-47-53(62)69-50-52(71-54(63)48-45-42-39-35-18-15-12-9-6-3)51-70-61-59(57(66)56(65)58(73-61)60(67)68)72-55(64)49-46-43-40-37-34-32-29-24-22-20-17-14-11-8-5-2/h7,10,16,19,23,25,27-28,31,33,52,56-59,61,65-66H,4-6,8-9,11-15,17-18,20-22,24,26,29-30,32,34-51H2,1-3H3,(H,67,68)/b10-7-,19-16-,25-23-,28-27-,33-31-. The first-order valence-electron chi connectivity index (χ1n) is 29.3. The maximum atomic E-state index is 13.1. The minimum absolute atomic E-state index is 0.0606. The van der Waals surface area contributed by atoms with Gasteiger partial charge in [-0.1, -0.05) is 229 Å². The summed E-state index contributed by atoms with van der Waals surface area (Å²) in [4.78, 5) is 51.0. The number of carboxylic acid groups (broad SMARTS) is 1. The molecule has 0 saturated carbocycles. The number of aliphatic carboxylic acids is 1. The molecule has 6 unspecified atom stereocenters. The Morgan fingerprint density at radius 2 is 0.863 bits per heavy atom. The van der Waals surface area contributed by atoms with Crippen molar-refractivity contribution in [1.29, 1.82) is 0 Å². The van der Waals surface area contributed by atoms with Crippen molar-refractivity contribution in [3.63, 3.8) is 0 Å². The molecule has 1 rings (SSSR count). The minimum atomic E-state index is -1.90. The third-order valence-electron chi connectivity index (χ3n) is 13.1. The summed E-state index contributed by atoms with van der Waals surface area (Å²) in [6, 6.07) is 0. The van der Waals surface area contributed by atoms with Crippen LogP contribution in [0.5, 0.6) is 0 Å². The number of aliphatic hydroxyl groups is 2. The highest BCUT2D eigenvalue weighted by Gasteiger charge is 2.50. The van der Waals surface area contributed by atoms with Crippen molar-refractivity contribution in [3.05, 3.63) is 60.8 Å². The van der Waals surface area contributed by atoms with E-state index < -0.39 is 67.3 Å². The summed E-state index contributed by atoms with van der Waals surface area (Å²) in [5, 5.41) is 31.4. The Labute approximate surface area is 443 Å². The van der Waals surface area contributed by atoms with Crippen molar-refractivity contribution < 1.29 is 58.2 Å². The highest BCUT2D eigenvalue weighted by Crippen LogP contribution is 2.26. The number of hydrogen-bond donors (Lipinski definition) is 3. The van der Waals surface area contributed by atoms with Crippen LogP contribution < -0.4 is 0 Å². The molecule has 6 atom stereocenters. The summed E-state index contributed by atoms with van der Waals surface area (Å²) in [7, 11) is 0. The normalized spacial score (nSPS) is 18.7. The molecule has 73 heavy (non-hydrogen) atoms. The molecule has 0 amide bonds. The Bertz CT molecular complexity index is 1500. The second-order valence-corrected chi connectivity index (χ2v) is 19.9. The summed E-state index contributed by atoms with van der Waals surface area (Å²) in [5.74, 6) is -3.15. The number of unbranched alkanes of at least 4 members (excludes halogenated alkanes) is 25. The lowest BCUT2D eigenvalue weighted by Crippen LogP contribution is -2.61. The predicted octanol–water partition coefficient (Wildman–Crippen LogP) is 14.8. The molecule has 1 saturated heterocycles. The lowest BCUT2D eigenvalue weighted by Gasteiger charge is -2.40. The molecular formula is C61H104O12. The second kappa shape index (κ2) is 49.3. The molecule has 420 valence electrons. The summed E-state index contributed by atoms with van der Waals surface area (Å²) >= 11 is 0. The van der Waals surface area contributed by atoms with E-state index in [0.717, 1.165) is 96.3 Å². The van der Waals surface area contributed by atoms with Crippen molar-refractivity contribution in [2.24, 2.45) is 0 Å². The number of aliphatic hydroxyl groups excluding tert-OH is 2. The van der Waals surface area contributed by atoms with Gasteiger partial charge >= 0.3 is 23.9 Å². The lowest BCUT2D eigenvalue weighted by atomic mass is 9.98. The molecule has 1 aliphatic heterocycles.